The van der Waals surface area contributed by atoms with Crippen LogP contribution in [0.2, 0.25) is 0 Å². The van der Waals surface area contributed by atoms with Gasteiger partial charge in [0.25, 0.3) is 0 Å². The summed E-state index contributed by atoms with van der Waals surface area (Å²) in [5.41, 5.74) is 5.37. The number of nitrogens with two attached hydrogens (primary N) is 1. The number of rotatable bonds is 43. The Morgan fingerprint density at radius 3 is 1.45 bits per heavy atom. The fourth-order valence-electron chi connectivity index (χ4n) is 5.93. The molecule has 0 amide bonds. The Kier molecular flexibility index (Phi) is 43.9. The molecule has 0 aliphatic heterocycles. The fourth-order valence-corrected chi connectivity index (χ4v) is 6.70. The van der Waals surface area contributed by atoms with Gasteiger partial charge in [-0.3, -0.25) is 13.8 Å². The van der Waals surface area contributed by atoms with Crippen molar-refractivity contribution in [3.63, 3.8) is 0 Å². The normalized spacial score (nSPS) is 14.2. The van der Waals surface area contributed by atoms with Crippen molar-refractivity contribution in [1.29, 1.82) is 0 Å². The molecule has 0 spiro atoms. The van der Waals surface area contributed by atoms with E-state index in [2.05, 4.69) is 98.9 Å². The third-order valence-electron chi connectivity index (χ3n) is 9.30. The average molecular weight is 832 g/mol. The summed E-state index contributed by atoms with van der Waals surface area (Å²) in [6, 6.07) is 0. The Hall–Kier alpha value is -2.32. The Bertz CT molecular complexity index is 1160. The number of esters is 1. The first-order valence-corrected chi connectivity index (χ1v) is 24.6. The van der Waals surface area contributed by atoms with Gasteiger partial charge >= 0.3 is 13.8 Å². The molecule has 2 unspecified atom stereocenters. The number of hydrogen-bond donors (Lipinski definition) is 2. The lowest BCUT2D eigenvalue weighted by Gasteiger charge is -2.20. The van der Waals surface area contributed by atoms with Gasteiger partial charge in [-0.2, -0.15) is 0 Å². The number of ether oxygens (including phenoxy) is 2. The second-order valence-corrected chi connectivity index (χ2v) is 16.3. The van der Waals surface area contributed by atoms with Gasteiger partial charge in [-0.1, -0.05) is 170 Å². The maximum atomic E-state index is 12.6. The minimum absolute atomic E-state index is 0.0869. The number of carbonyl (C=O) groups is 1. The Labute approximate surface area is 356 Å². The number of phosphoric acid groups is 1. The molecule has 58 heavy (non-hydrogen) atoms. The smallest absolute Gasteiger partial charge is 0.457 e. The summed E-state index contributed by atoms with van der Waals surface area (Å²) in [6.45, 7) is 4.69. The van der Waals surface area contributed by atoms with E-state index in [9.17, 15) is 14.3 Å². The summed E-state index contributed by atoms with van der Waals surface area (Å²) in [7, 11) is -4.30. The quantitative estimate of drug-likeness (QED) is 0.0270. The number of phosphoric ester groups is 1. The van der Waals surface area contributed by atoms with Crippen LogP contribution >= 0.6 is 7.82 Å². The molecular weight excluding hydrogens is 746 g/mol. The summed E-state index contributed by atoms with van der Waals surface area (Å²) >= 11 is 0. The summed E-state index contributed by atoms with van der Waals surface area (Å²) < 4.78 is 33.4. The Balaban J connectivity index is 4.07. The average Bonchev–Trinajstić information content (AvgIpc) is 3.21. The highest BCUT2D eigenvalue weighted by molar-refractivity contribution is 7.47. The van der Waals surface area contributed by atoms with E-state index in [0.29, 0.717) is 13.0 Å². The predicted molar refractivity (Wildman–Crippen MR) is 247 cm³/mol. The molecule has 0 aromatic rings. The molecule has 334 valence electrons. The van der Waals surface area contributed by atoms with E-state index in [0.717, 1.165) is 89.9 Å². The van der Waals surface area contributed by atoms with Crippen molar-refractivity contribution in [1.82, 2.24) is 0 Å². The minimum atomic E-state index is -4.30. The summed E-state index contributed by atoms with van der Waals surface area (Å²) in [5.74, 6) is -0.352. The molecule has 0 aliphatic rings. The van der Waals surface area contributed by atoms with Gasteiger partial charge in [-0.15, -0.1) is 0 Å². The topological polar surface area (TPSA) is 117 Å². The van der Waals surface area contributed by atoms with Crippen LogP contribution < -0.4 is 5.73 Å². The number of carbonyl (C=O) groups excluding carboxylic acids is 1. The fraction of sp³-hybridized carbons (Fsp3) is 0.694. The van der Waals surface area contributed by atoms with E-state index in [-0.39, 0.29) is 32.3 Å². The zero-order valence-electron chi connectivity index (χ0n) is 37.0. The van der Waals surface area contributed by atoms with Gasteiger partial charge in [0.15, 0.2) is 0 Å². The predicted octanol–water partition coefficient (Wildman–Crippen LogP) is 14.1. The first-order chi connectivity index (χ1) is 28.4. The first-order valence-electron chi connectivity index (χ1n) is 23.1. The van der Waals surface area contributed by atoms with Crippen LogP contribution in [-0.4, -0.2) is 49.9 Å². The van der Waals surface area contributed by atoms with Crippen LogP contribution in [0, 0.1) is 0 Å². The van der Waals surface area contributed by atoms with Crippen molar-refractivity contribution >= 4 is 13.8 Å². The van der Waals surface area contributed by atoms with E-state index in [1.54, 1.807) is 0 Å². The van der Waals surface area contributed by atoms with Crippen LogP contribution in [0.15, 0.2) is 85.1 Å². The molecule has 0 aromatic heterocycles. The van der Waals surface area contributed by atoms with E-state index < -0.39 is 13.9 Å². The molecule has 2 atom stereocenters. The van der Waals surface area contributed by atoms with Crippen LogP contribution in [0.5, 0.6) is 0 Å². The van der Waals surface area contributed by atoms with Crippen molar-refractivity contribution in [3.8, 4) is 0 Å². The lowest BCUT2D eigenvalue weighted by molar-refractivity contribution is -0.154. The largest absolute Gasteiger partial charge is 0.472 e. The molecule has 0 aliphatic carbocycles. The molecule has 0 fully saturated rings. The van der Waals surface area contributed by atoms with Crippen molar-refractivity contribution in [2.45, 2.75) is 187 Å². The van der Waals surface area contributed by atoms with Gasteiger partial charge in [-0.05, 0) is 89.9 Å². The van der Waals surface area contributed by atoms with E-state index >= 15 is 0 Å². The van der Waals surface area contributed by atoms with E-state index in [4.69, 9.17) is 24.3 Å². The number of unbranched alkanes of at least 4 members (excludes halogenated alkanes) is 16. The van der Waals surface area contributed by atoms with E-state index in [1.807, 2.05) is 0 Å². The molecule has 8 nitrogen and oxygen atoms in total. The first kappa shape index (κ1) is 55.7. The van der Waals surface area contributed by atoms with Crippen molar-refractivity contribution in [2.75, 3.05) is 33.0 Å². The Morgan fingerprint density at radius 2 is 0.966 bits per heavy atom. The highest BCUT2D eigenvalue weighted by Gasteiger charge is 2.25. The molecule has 0 saturated carbocycles. The lowest BCUT2D eigenvalue weighted by atomic mass is 10.1. The molecule has 9 heteroatoms. The lowest BCUT2D eigenvalue weighted by Crippen LogP contribution is -2.28. The zero-order valence-corrected chi connectivity index (χ0v) is 37.9. The van der Waals surface area contributed by atoms with Crippen molar-refractivity contribution in [3.05, 3.63) is 85.1 Å². The van der Waals surface area contributed by atoms with Gasteiger partial charge in [0.2, 0.25) is 0 Å². The number of allylic oxidation sites excluding steroid dienone is 14. The van der Waals surface area contributed by atoms with Gasteiger partial charge in [0.1, 0.15) is 6.10 Å². The Morgan fingerprint density at radius 1 is 0.534 bits per heavy atom. The third-order valence-corrected chi connectivity index (χ3v) is 10.3. The molecule has 0 aromatic carbocycles. The summed E-state index contributed by atoms with van der Waals surface area (Å²) in [4.78, 5) is 22.5. The van der Waals surface area contributed by atoms with Gasteiger partial charge in [0, 0.05) is 19.6 Å². The second-order valence-electron chi connectivity index (χ2n) is 14.9. The van der Waals surface area contributed by atoms with Crippen molar-refractivity contribution in [2.24, 2.45) is 5.73 Å². The van der Waals surface area contributed by atoms with Crippen LogP contribution in [-0.2, 0) is 27.9 Å². The van der Waals surface area contributed by atoms with Crippen LogP contribution in [0.1, 0.15) is 181 Å². The third kappa shape index (κ3) is 44.8. The molecule has 3 N–H and O–H groups in total. The molecule has 0 rings (SSSR count). The molecule has 0 bridgehead atoms. The molecule has 0 heterocycles. The monoisotopic (exact) mass is 832 g/mol. The van der Waals surface area contributed by atoms with Crippen LogP contribution in [0.25, 0.3) is 0 Å². The minimum Gasteiger partial charge on any atom is -0.457 e. The number of hydrogen-bond acceptors (Lipinski definition) is 7. The van der Waals surface area contributed by atoms with Crippen LogP contribution in [0.3, 0.4) is 0 Å². The van der Waals surface area contributed by atoms with Gasteiger partial charge < -0.3 is 20.1 Å². The molecule has 0 radical (unpaired) electrons. The maximum Gasteiger partial charge on any atom is 0.472 e. The zero-order chi connectivity index (χ0) is 42.3. The molecular formula is C49H86NO7P. The SMILES string of the molecule is CC/C=C\C/C=C\C/C=C\C/C=C\CCCCCOCC(COP(=O)(O)OCCN)OC(=O)CCCCCCCCCC/C=C\C/C=C\C/C=C\CCCCCCC. The van der Waals surface area contributed by atoms with E-state index in [1.165, 1.54) is 70.6 Å². The van der Waals surface area contributed by atoms with Crippen LogP contribution in [0.4, 0.5) is 0 Å². The summed E-state index contributed by atoms with van der Waals surface area (Å²) in [5, 5.41) is 0. The standard InChI is InChI=1S/C49H86NO7P/c1-3-5-7-9-11-13-15-17-19-21-22-23-24-25-26-27-28-30-32-34-36-38-40-42-49(51)57-48(47-56-58(52,53)55-45-43-50)46-54-44-41-39-37-35-33-31-29-20-18-16-14-12-10-8-6-4-2/h6,8,12,14-15,17-18,20-22,24-25,31,33,48H,3-5,7,9-11,13,16,19,23,26-30,32,34-47,50H2,1-2H3,(H,52,53)/b8-6-,14-12-,17-15-,20-18-,22-21-,25-24-,33-31-. The van der Waals surface area contributed by atoms with Gasteiger partial charge in [0.05, 0.1) is 19.8 Å². The molecule has 0 saturated heterocycles. The maximum absolute atomic E-state index is 12.6. The van der Waals surface area contributed by atoms with Gasteiger partial charge in [-0.25, -0.2) is 4.57 Å². The second kappa shape index (κ2) is 45.8. The van der Waals surface area contributed by atoms with Crippen molar-refractivity contribution < 1.29 is 32.8 Å². The highest BCUT2D eigenvalue weighted by atomic mass is 31.2. The highest BCUT2D eigenvalue weighted by Crippen LogP contribution is 2.43. The summed E-state index contributed by atoms with van der Waals surface area (Å²) in [6.07, 6.45) is 58.9.